The van der Waals surface area contributed by atoms with Crippen molar-refractivity contribution in [1.82, 2.24) is 9.97 Å². The maximum atomic E-state index is 12.9. The molecular weight excluding hydrogens is 885 g/mol. The van der Waals surface area contributed by atoms with Crippen LogP contribution in [0.25, 0.3) is 0 Å². The Bertz CT molecular complexity index is 2470. The van der Waals surface area contributed by atoms with Gasteiger partial charge < -0.3 is 64.9 Å². The number of hydrogen-bond acceptors (Lipinski definition) is 15. The SMILES string of the molecule is C[C@@H]1[C@]2(O[C@H]3C=C4[C@@H]5CC[C@H]6Cc7nc8c(nc7C[C@]6(C)[C@H]5C[C@@H](O)[C@]4(C)[C@]31O)C[C@@H]1CC[C@H]3C4=C[C@@H]5O[C@]6(O[C@](C)(CO)C[C@H]6O)[C@@H](C)[C@]5(O)[C@@]4(C)[C@H](O)C[C@@H]3[C@@]1(C)[C@H]8O)O[C@](C)(CO)C[C@H]2O. The van der Waals surface area contributed by atoms with Crippen LogP contribution in [0.1, 0.15) is 136 Å². The van der Waals surface area contributed by atoms with Crippen molar-refractivity contribution in [3.8, 4) is 0 Å². The highest BCUT2D eigenvalue weighted by Crippen LogP contribution is 2.74. The van der Waals surface area contributed by atoms with Crippen molar-refractivity contribution < 1.29 is 64.9 Å². The second-order valence-electron chi connectivity index (χ2n) is 26.4. The Kier molecular flexibility index (Phi) is 9.39. The summed E-state index contributed by atoms with van der Waals surface area (Å²) < 4.78 is 26.0. The summed E-state index contributed by atoms with van der Waals surface area (Å²) in [5.41, 5.74) is -2.76. The van der Waals surface area contributed by atoms with Gasteiger partial charge in [-0.1, -0.05) is 64.8 Å². The number of aliphatic hydroxyl groups excluding tert-OH is 7. The maximum absolute atomic E-state index is 12.9. The van der Waals surface area contributed by atoms with Crippen LogP contribution in [0.15, 0.2) is 23.3 Å². The molecule has 9 N–H and O–H groups in total. The minimum Gasteiger partial charge on any atom is -0.393 e. The largest absolute Gasteiger partial charge is 0.393 e. The van der Waals surface area contributed by atoms with Gasteiger partial charge in [-0.05, 0) is 113 Å². The van der Waals surface area contributed by atoms with Gasteiger partial charge in [-0.25, -0.2) is 0 Å². The van der Waals surface area contributed by atoms with Crippen molar-refractivity contribution in [3.05, 3.63) is 46.1 Å². The van der Waals surface area contributed by atoms with E-state index in [1.165, 1.54) is 0 Å². The average molecular weight is 961 g/mol. The number of fused-ring (bicyclic) bond motifs is 16. The number of aromatic nitrogens is 2. The van der Waals surface area contributed by atoms with Gasteiger partial charge in [0.05, 0.1) is 59.4 Å². The fraction of sp³-hybridized carbons (Fsp3) is 0.852. The molecule has 15 nitrogen and oxygen atoms in total. The predicted molar refractivity (Wildman–Crippen MR) is 245 cm³/mol. The van der Waals surface area contributed by atoms with Crippen LogP contribution in [-0.4, -0.2) is 140 Å². The Morgan fingerprint density at radius 2 is 1.07 bits per heavy atom. The second kappa shape index (κ2) is 13.8. The zero-order valence-electron chi connectivity index (χ0n) is 41.6. The smallest absolute Gasteiger partial charge is 0.201 e. The molecule has 0 aromatic carbocycles. The van der Waals surface area contributed by atoms with Crippen LogP contribution in [0.5, 0.6) is 0 Å². The molecule has 0 radical (unpaired) electrons. The van der Waals surface area contributed by atoms with E-state index in [0.29, 0.717) is 37.8 Å². The van der Waals surface area contributed by atoms with E-state index < -0.39 is 105 Å². The quantitative estimate of drug-likeness (QED) is 0.194. The van der Waals surface area contributed by atoms with Gasteiger partial charge in [-0.15, -0.1) is 0 Å². The van der Waals surface area contributed by atoms with Crippen LogP contribution in [0.2, 0.25) is 0 Å². The van der Waals surface area contributed by atoms with Gasteiger partial charge in [0.1, 0.15) is 41.7 Å². The third-order valence-electron chi connectivity index (χ3n) is 23.8. The first-order valence-corrected chi connectivity index (χ1v) is 26.5. The van der Waals surface area contributed by atoms with Crippen molar-refractivity contribution in [1.29, 1.82) is 0 Å². The summed E-state index contributed by atoms with van der Waals surface area (Å²) in [6, 6.07) is 0. The third kappa shape index (κ3) is 5.07. The van der Waals surface area contributed by atoms with Gasteiger partial charge in [-0.2, -0.15) is 0 Å². The first-order valence-electron chi connectivity index (χ1n) is 26.5. The Balaban J connectivity index is 0.783. The summed E-state index contributed by atoms with van der Waals surface area (Å²) in [6.07, 6.45) is 4.24. The van der Waals surface area contributed by atoms with E-state index in [-0.39, 0.29) is 67.0 Å². The van der Waals surface area contributed by atoms with Gasteiger partial charge >= 0.3 is 0 Å². The van der Waals surface area contributed by atoms with E-state index in [1.807, 2.05) is 39.8 Å². The average Bonchev–Trinajstić information content (AvgIpc) is 4.02. The Morgan fingerprint density at radius 1 is 0.594 bits per heavy atom. The van der Waals surface area contributed by atoms with Crippen LogP contribution in [0, 0.1) is 69.0 Å². The predicted octanol–water partition coefficient (Wildman–Crippen LogP) is 2.87. The molecule has 1 aromatic heterocycles. The van der Waals surface area contributed by atoms with E-state index in [0.717, 1.165) is 53.9 Å². The normalized spacial score (nSPS) is 60.4. The van der Waals surface area contributed by atoms with Gasteiger partial charge in [0.15, 0.2) is 0 Å². The van der Waals surface area contributed by atoms with Crippen LogP contribution in [0.4, 0.5) is 0 Å². The fourth-order valence-electron chi connectivity index (χ4n) is 19.6. The molecule has 4 saturated heterocycles. The molecule has 12 aliphatic rings. The van der Waals surface area contributed by atoms with Crippen molar-refractivity contribution in [3.63, 3.8) is 0 Å². The molecule has 13 rings (SSSR count). The fourth-order valence-corrected chi connectivity index (χ4v) is 19.6. The van der Waals surface area contributed by atoms with Gasteiger partial charge in [-0.3, -0.25) is 9.97 Å². The summed E-state index contributed by atoms with van der Waals surface area (Å²) in [5, 5.41) is 107. The first kappa shape index (κ1) is 46.8. The van der Waals surface area contributed by atoms with E-state index in [4.69, 9.17) is 28.9 Å². The molecule has 1 aromatic rings. The van der Waals surface area contributed by atoms with Crippen LogP contribution >= 0.6 is 0 Å². The van der Waals surface area contributed by atoms with E-state index in [2.05, 4.69) is 13.8 Å². The number of nitrogens with zero attached hydrogens (tertiary/aromatic N) is 2. The van der Waals surface area contributed by atoms with E-state index >= 15 is 0 Å². The molecule has 0 bridgehead atoms. The lowest BCUT2D eigenvalue weighted by Crippen LogP contribution is -2.65. The highest BCUT2D eigenvalue weighted by molar-refractivity contribution is 5.45. The topological polar surface area (TPSA) is 245 Å². The van der Waals surface area contributed by atoms with E-state index in [9.17, 15) is 46.0 Å². The third-order valence-corrected chi connectivity index (χ3v) is 23.8. The minimum atomic E-state index is -1.58. The molecule has 8 fully saturated rings. The summed E-state index contributed by atoms with van der Waals surface area (Å²) in [6.45, 7) is 15.0. The number of ether oxygens (including phenoxy) is 4. The summed E-state index contributed by atoms with van der Waals surface area (Å²) in [5.74, 6) is -4.03. The van der Waals surface area contributed by atoms with Gasteiger partial charge in [0.2, 0.25) is 11.6 Å². The molecule has 0 amide bonds. The van der Waals surface area contributed by atoms with Crippen molar-refractivity contribution in [2.75, 3.05) is 13.2 Å². The summed E-state index contributed by atoms with van der Waals surface area (Å²) >= 11 is 0. The van der Waals surface area contributed by atoms with Crippen LogP contribution < -0.4 is 0 Å². The Labute approximate surface area is 404 Å². The second-order valence-corrected chi connectivity index (χ2v) is 26.4. The van der Waals surface area contributed by atoms with Gasteiger partial charge in [0, 0.05) is 40.9 Å². The molecule has 25 atom stereocenters. The number of hydrogen-bond donors (Lipinski definition) is 9. The standard InChI is InChI=1S/C54H76N2O13/c1-24-51(64)41(66-53(24)39(61)20-45(3,22-57)68-53)17-32-28-11-9-26-13-34-36(19-47(26,5)30(28)15-37(59)49(32,51)7)55-35-14-27-10-12-29-31(48(27,6)44(63)43(35)56-34)16-38(60)50(8)33(29)18-42-52(50,65)25(2)54(67-42)40(62)21-46(4,23-58)69-54/h17-18,24-31,37-42,44,57-65H,9-16,19-23H2,1-8H3/t24-,25-,26-,27-,28+,29+,30-,31-,37+,38+,39+,40+,41-,42-,44-,45-,46-,47-,48-,49+,50+,51+,52+,53-,54-/m0/s1. The lowest BCUT2D eigenvalue weighted by Gasteiger charge is -2.62. The molecule has 69 heavy (non-hydrogen) atoms. The molecule has 380 valence electrons. The van der Waals surface area contributed by atoms with E-state index in [1.54, 1.807) is 13.8 Å². The van der Waals surface area contributed by atoms with Crippen molar-refractivity contribution in [2.24, 2.45) is 69.0 Å². The van der Waals surface area contributed by atoms with Crippen LogP contribution in [-0.2, 0) is 38.2 Å². The lowest BCUT2D eigenvalue weighted by molar-refractivity contribution is -0.280. The molecule has 0 unspecified atom stereocenters. The van der Waals surface area contributed by atoms with Crippen molar-refractivity contribution in [2.45, 2.75) is 203 Å². The van der Waals surface area contributed by atoms with Crippen molar-refractivity contribution >= 4 is 0 Å². The minimum absolute atomic E-state index is 0.0283. The molecule has 8 aliphatic carbocycles. The Morgan fingerprint density at radius 3 is 1.58 bits per heavy atom. The van der Waals surface area contributed by atoms with Gasteiger partial charge in [0.25, 0.3) is 0 Å². The highest BCUT2D eigenvalue weighted by atomic mass is 16.8. The summed E-state index contributed by atoms with van der Waals surface area (Å²) in [4.78, 5) is 10.9. The zero-order chi connectivity index (χ0) is 49.0. The molecule has 4 aliphatic heterocycles. The van der Waals surface area contributed by atoms with Crippen LogP contribution in [0.3, 0.4) is 0 Å². The molecule has 5 heterocycles. The molecule has 15 heteroatoms. The summed E-state index contributed by atoms with van der Waals surface area (Å²) in [7, 11) is 0. The molecular formula is C54H76N2O13. The molecule has 4 saturated carbocycles. The first-order chi connectivity index (χ1) is 32.3. The number of aliphatic hydroxyl groups is 9. The zero-order valence-corrected chi connectivity index (χ0v) is 41.6. The monoisotopic (exact) mass is 961 g/mol. The molecule has 2 spiro atoms. The maximum Gasteiger partial charge on any atom is 0.201 e. The Hall–Kier alpha value is -1.96. The lowest BCUT2D eigenvalue weighted by atomic mass is 9.43. The number of rotatable bonds is 2. The highest BCUT2D eigenvalue weighted by Gasteiger charge is 2.81.